The number of nitrogens with zero attached hydrogens (tertiary/aromatic N) is 3. The zero-order valence-corrected chi connectivity index (χ0v) is 14.0. The van der Waals surface area contributed by atoms with E-state index in [0.717, 1.165) is 6.07 Å². The lowest BCUT2D eigenvalue weighted by Crippen LogP contribution is -2.37. The first-order valence-electron chi connectivity index (χ1n) is 7.98. The lowest BCUT2D eigenvalue weighted by Gasteiger charge is -2.26. The van der Waals surface area contributed by atoms with Gasteiger partial charge in [0.1, 0.15) is 0 Å². The molecule has 0 spiro atoms. The van der Waals surface area contributed by atoms with Crippen LogP contribution in [-0.4, -0.2) is 48.7 Å². The molecule has 2 heterocycles. The zero-order valence-electron chi connectivity index (χ0n) is 14.0. The fourth-order valence-corrected chi connectivity index (χ4v) is 2.38. The van der Waals surface area contributed by atoms with Crippen molar-refractivity contribution in [2.24, 2.45) is 0 Å². The first-order chi connectivity index (χ1) is 12.9. The number of anilines is 3. The normalized spacial score (nSPS) is 14.6. The van der Waals surface area contributed by atoms with Crippen molar-refractivity contribution in [2.45, 2.75) is 6.36 Å². The van der Waals surface area contributed by atoms with Crippen LogP contribution in [0.4, 0.5) is 35.3 Å². The average molecular weight is 383 g/mol. The number of aromatic nitrogens is 2. The highest BCUT2D eigenvalue weighted by molar-refractivity contribution is 6.00. The molecule has 0 atom stereocenters. The first-order valence-corrected chi connectivity index (χ1v) is 7.98. The molecule has 8 nitrogen and oxygen atoms in total. The van der Waals surface area contributed by atoms with Gasteiger partial charge in [-0.2, -0.15) is 0 Å². The van der Waals surface area contributed by atoms with Crippen LogP contribution in [0.5, 0.6) is 5.75 Å². The molecule has 0 bridgehead atoms. The number of para-hydroxylation sites is 2. The maximum absolute atomic E-state index is 12.4. The van der Waals surface area contributed by atoms with Crippen molar-refractivity contribution >= 4 is 23.4 Å². The van der Waals surface area contributed by atoms with Gasteiger partial charge in [0.05, 0.1) is 37.0 Å². The fourth-order valence-electron chi connectivity index (χ4n) is 2.38. The van der Waals surface area contributed by atoms with Gasteiger partial charge in [-0.25, -0.2) is 14.8 Å². The number of benzene rings is 1. The van der Waals surface area contributed by atoms with Gasteiger partial charge in [0.2, 0.25) is 5.95 Å². The van der Waals surface area contributed by atoms with Crippen molar-refractivity contribution < 1.29 is 27.4 Å². The fraction of sp³-hybridized carbons (Fsp3) is 0.312. The summed E-state index contributed by atoms with van der Waals surface area (Å²) in [5.41, 5.74) is 0.164. The highest BCUT2D eigenvalue weighted by Crippen LogP contribution is 2.30. The van der Waals surface area contributed by atoms with Gasteiger partial charge in [-0.3, -0.25) is 0 Å². The van der Waals surface area contributed by atoms with Crippen LogP contribution >= 0.6 is 0 Å². The van der Waals surface area contributed by atoms with Gasteiger partial charge >= 0.3 is 12.4 Å². The Morgan fingerprint density at radius 2 is 1.78 bits per heavy atom. The Morgan fingerprint density at radius 1 is 1.11 bits per heavy atom. The lowest BCUT2D eigenvalue weighted by molar-refractivity contribution is -0.274. The van der Waals surface area contributed by atoms with Crippen LogP contribution in [0.2, 0.25) is 0 Å². The second-order valence-corrected chi connectivity index (χ2v) is 5.49. The van der Waals surface area contributed by atoms with Crippen molar-refractivity contribution in [2.75, 3.05) is 41.8 Å². The lowest BCUT2D eigenvalue weighted by atomic mass is 10.3. The van der Waals surface area contributed by atoms with Crippen LogP contribution in [0.25, 0.3) is 0 Å². The van der Waals surface area contributed by atoms with Crippen molar-refractivity contribution in [3.63, 3.8) is 0 Å². The standard InChI is InChI=1S/C16H16F3N5O3/c17-16(18,19)27-13-4-2-1-3-12(13)23-15(25)22-11-9-20-14(21-10-11)24-5-7-26-8-6-24/h1-4,9-10H,5-8H2,(H2,22,23,25). The molecular formula is C16H16F3N5O3. The Bertz CT molecular complexity index is 780. The van der Waals surface area contributed by atoms with Gasteiger partial charge in [-0.05, 0) is 12.1 Å². The molecule has 0 aliphatic carbocycles. The predicted molar refractivity (Wildman–Crippen MR) is 90.8 cm³/mol. The Balaban J connectivity index is 1.61. The highest BCUT2D eigenvalue weighted by Gasteiger charge is 2.32. The summed E-state index contributed by atoms with van der Waals surface area (Å²) in [5.74, 6) is -0.00718. The van der Waals surface area contributed by atoms with Crippen molar-refractivity contribution in [3.05, 3.63) is 36.7 Å². The van der Waals surface area contributed by atoms with Crippen LogP contribution in [0, 0.1) is 0 Å². The van der Waals surface area contributed by atoms with E-state index in [0.29, 0.717) is 37.9 Å². The van der Waals surface area contributed by atoms with Crippen molar-refractivity contribution in [1.29, 1.82) is 0 Å². The molecule has 1 aliphatic rings. The van der Waals surface area contributed by atoms with Crippen LogP contribution in [0.1, 0.15) is 0 Å². The van der Waals surface area contributed by atoms with E-state index in [-0.39, 0.29) is 5.69 Å². The molecule has 0 unspecified atom stereocenters. The number of urea groups is 1. The summed E-state index contributed by atoms with van der Waals surface area (Å²) in [5, 5.41) is 4.76. The smallest absolute Gasteiger partial charge is 0.404 e. The molecule has 2 aromatic rings. The van der Waals surface area contributed by atoms with Gasteiger partial charge in [-0.1, -0.05) is 12.1 Å². The quantitative estimate of drug-likeness (QED) is 0.844. The summed E-state index contributed by atoms with van der Waals surface area (Å²) in [4.78, 5) is 22.3. The average Bonchev–Trinajstić information content (AvgIpc) is 2.63. The zero-order chi connectivity index (χ0) is 19.3. The van der Waals surface area contributed by atoms with Gasteiger partial charge in [0, 0.05) is 13.1 Å². The molecule has 0 saturated carbocycles. The van der Waals surface area contributed by atoms with E-state index in [9.17, 15) is 18.0 Å². The molecule has 11 heteroatoms. The van der Waals surface area contributed by atoms with E-state index in [1.165, 1.54) is 30.6 Å². The number of carbonyl (C=O) groups excluding carboxylic acids is 1. The topological polar surface area (TPSA) is 88.6 Å². The molecule has 3 rings (SSSR count). The molecule has 1 fully saturated rings. The van der Waals surface area contributed by atoms with E-state index < -0.39 is 18.1 Å². The molecule has 1 aromatic heterocycles. The summed E-state index contributed by atoms with van der Waals surface area (Å²) in [6.45, 7) is 2.52. The third-order valence-corrected chi connectivity index (χ3v) is 3.55. The first kappa shape index (κ1) is 18.7. The number of ether oxygens (including phenoxy) is 2. The number of hydrogen-bond acceptors (Lipinski definition) is 6. The number of hydrogen-bond donors (Lipinski definition) is 2. The summed E-state index contributed by atoms with van der Waals surface area (Å²) in [6, 6.07) is 4.47. The molecule has 27 heavy (non-hydrogen) atoms. The van der Waals surface area contributed by atoms with Crippen LogP contribution in [0.3, 0.4) is 0 Å². The van der Waals surface area contributed by atoms with Crippen molar-refractivity contribution in [3.8, 4) is 5.75 Å². The monoisotopic (exact) mass is 383 g/mol. The van der Waals surface area contributed by atoms with E-state index >= 15 is 0 Å². The summed E-state index contributed by atoms with van der Waals surface area (Å²) in [7, 11) is 0. The number of nitrogens with one attached hydrogen (secondary N) is 2. The molecular weight excluding hydrogens is 367 g/mol. The van der Waals surface area contributed by atoms with E-state index in [1.807, 2.05) is 4.90 Å². The third kappa shape index (κ3) is 5.45. The summed E-state index contributed by atoms with van der Waals surface area (Å²) >= 11 is 0. The Labute approximate surface area is 152 Å². The van der Waals surface area contributed by atoms with Gasteiger partial charge in [0.25, 0.3) is 0 Å². The molecule has 2 amide bonds. The summed E-state index contributed by atoms with van der Waals surface area (Å²) < 4.78 is 46.4. The number of carbonyl (C=O) groups is 1. The third-order valence-electron chi connectivity index (χ3n) is 3.55. The molecule has 0 radical (unpaired) electrons. The van der Waals surface area contributed by atoms with E-state index in [2.05, 4.69) is 25.3 Å². The van der Waals surface area contributed by atoms with Crippen LogP contribution < -0.4 is 20.3 Å². The van der Waals surface area contributed by atoms with Crippen LogP contribution in [0.15, 0.2) is 36.7 Å². The number of amides is 2. The van der Waals surface area contributed by atoms with Gasteiger partial charge in [-0.15, -0.1) is 13.2 Å². The second-order valence-electron chi connectivity index (χ2n) is 5.49. The number of rotatable bonds is 4. The highest BCUT2D eigenvalue weighted by atomic mass is 19.4. The summed E-state index contributed by atoms with van der Waals surface area (Å²) in [6.07, 6.45) is -2.04. The number of halogens is 3. The molecule has 2 N–H and O–H groups in total. The Hall–Kier alpha value is -3.08. The Morgan fingerprint density at radius 3 is 2.44 bits per heavy atom. The minimum atomic E-state index is -4.86. The largest absolute Gasteiger partial charge is 0.573 e. The molecule has 144 valence electrons. The van der Waals surface area contributed by atoms with E-state index in [1.54, 1.807) is 0 Å². The maximum atomic E-state index is 12.4. The Kier molecular flexibility index (Phi) is 5.60. The van der Waals surface area contributed by atoms with Gasteiger partial charge < -0.3 is 25.0 Å². The minimum absolute atomic E-state index is 0.127. The molecule has 1 saturated heterocycles. The molecule has 1 aromatic carbocycles. The minimum Gasteiger partial charge on any atom is -0.404 e. The maximum Gasteiger partial charge on any atom is 0.573 e. The van der Waals surface area contributed by atoms with E-state index in [4.69, 9.17) is 4.74 Å². The molecule has 1 aliphatic heterocycles. The van der Waals surface area contributed by atoms with Crippen LogP contribution in [-0.2, 0) is 4.74 Å². The SMILES string of the molecule is O=C(Nc1cnc(N2CCOCC2)nc1)Nc1ccccc1OC(F)(F)F. The number of alkyl halides is 3. The second kappa shape index (κ2) is 8.08. The predicted octanol–water partition coefficient (Wildman–Crippen LogP) is 2.86. The van der Waals surface area contributed by atoms with Gasteiger partial charge in [0.15, 0.2) is 5.75 Å². The van der Waals surface area contributed by atoms with Crippen molar-refractivity contribution in [1.82, 2.24) is 9.97 Å². The number of morpholine rings is 1.